The molecule has 0 aliphatic heterocycles. The maximum Gasteiger partial charge on any atom is 0.224 e. The van der Waals surface area contributed by atoms with E-state index in [1.54, 1.807) is 0 Å². The topological polar surface area (TPSA) is 58.0 Å². The SMILES string of the molecule is OCC1CCCCC1CNc1nc(Cl)ncc1F. The standard InChI is InChI=1S/C12H17ClFN3O/c13-12-16-6-10(14)11(17-12)15-5-8-3-1-2-4-9(8)7-18/h6,8-9,18H,1-5,7H2,(H,15,16,17). The zero-order valence-corrected chi connectivity index (χ0v) is 10.8. The number of nitrogens with one attached hydrogen (secondary N) is 1. The van der Waals surface area contributed by atoms with Crippen molar-refractivity contribution in [1.29, 1.82) is 0 Å². The van der Waals surface area contributed by atoms with E-state index in [0.717, 1.165) is 31.9 Å². The van der Waals surface area contributed by atoms with E-state index < -0.39 is 5.82 Å². The van der Waals surface area contributed by atoms with Gasteiger partial charge < -0.3 is 10.4 Å². The second-order valence-corrected chi connectivity index (χ2v) is 5.04. The molecule has 6 heteroatoms. The second kappa shape index (κ2) is 6.29. The number of aliphatic hydroxyl groups excluding tert-OH is 1. The molecular formula is C12H17ClFN3O. The van der Waals surface area contributed by atoms with Crippen LogP contribution in [0.4, 0.5) is 10.2 Å². The summed E-state index contributed by atoms with van der Waals surface area (Å²) in [6.07, 6.45) is 5.47. The molecule has 2 rings (SSSR count). The Bertz CT molecular complexity index is 405. The van der Waals surface area contributed by atoms with Crippen LogP contribution in [0.3, 0.4) is 0 Å². The molecule has 1 heterocycles. The molecule has 100 valence electrons. The molecule has 1 aromatic heterocycles. The van der Waals surface area contributed by atoms with Gasteiger partial charge in [-0.2, -0.15) is 4.98 Å². The third-order valence-electron chi connectivity index (χ3n) is 3.55. The summed E-state index contributed by atoms with van der Waals surface area (Å²) >= 11 is 5.63. The minimum atomic E-state index is -0.504. The van der Waals surface area contributed by atoms with Gasteiger partial charge in [-0.15, -0.1) is 0 Å². The van der Waals surface area contributed by atoms with Crippen LogP contribution in [0, 0.1) is 17.7 Å². The molecule has 0 spiro atoms. The molecule has 1 fully saturated rings. The molecule has 4 nitrogen and oxygen atoms in total. The summed E-state index contributed by atoms with van der Waals surface area (Å²) in [5, 5.41) is 12.3. The molecule has 0 bridgehead atoms. The van der Waals surface area contributed by atoms with E-state index in [1.165, 1.54) is 0 Å². The van der Waals surface area contributed by atoms with Crippen LogP contribution in [0.1, 0.15) is 25.7 Å². The molecule has 1 aliphatic rings. The van der Waals surface area contributed by atoms with Gasteiger partial charge in [0.1, 0.15) is 0 Å². The van der Waals surface area contributed by atoms with Crippen LogP contribution in [0.25, 0.3) is 0 Å². The van der Waals surface area contributed by atoms with Crippen LogP contribution in [-0.2, 0) is 0 Å². The van der Waals surface area contributed by atoms with Crippen LogP contribution in [0.5, 0.6) is 0 Å². The van der Waals surface area contributed by atoms with Gasteiger partial charge in [0.05, 0.1) is 6.20 Å². The largest absolute Gasteiger partial charge is 0.396 e. The third-order valence-corrected chi connectivity index (χ3v) is 3.73. The van der Waals surface area contributed by atoms with Crippen LogP contribution in [0.2, 0.25) is 5.28 Å². The van der Waals surface area contributed by atoms with Crippen molar-refractivity contribution < 1.29 is 9.50 Å². The Hall–Kier alpha value is -0.940. The van der Waals surface area contributed by atoms with Gasteiger partial charge in [-0.25, -0.2) is 9.37 Å². The fraction of sp³-hybridized carbons (Fsp3) is 0.667. The van der Waals surface area contributed by atoms with Crippen molar-refractivity contribution in [1.82, 2.24) is 9.97 Å². The molecule has 2 unspecified atom stereocenters. The highest BCUT2D eigenvalue weighted by Crippen LogP contribution is 2.29. The van der Waals surface area contributed by atoms with Crippen molar-refractivity contribution in [3.05, 3.63) is 17.3 Å². The van der Waals surface area contributed by atoms with Crippen molar-refractivity contribution in [2.75, 3.05) is 18.5 Å². The summed E-state index contributed by atoms with van der Waals surface area (Å²) in [7, 11) is 0. The Labute approximate surface area is 111 Å². The molecule has 18 heavy (non-hydrogen) atoms. The molecule has 2 atom stereocenters. The quantitative estimate of drug-likeness (QED) is 0.828. The van der Waals surface area contributed by atoms with Crippen LogP contribution in [-0.4, -0.2) is 28.2 Å². The van der Waals surface area contributed by atoms with Gasteiger partial charge in [-0.1, -0.05) is 12.8 Å². The van der Waals surface area contributed by atoms with Gasteiger partial charge in [-0.05, 0) is 36.3 Å². The number of anilines is 1. The number of aromatic nitrogens is 2. The van der Waals surface area contributed by atoms with Gasteiger partial charge >= 0.3 is 0 Å². The lowest BCUT2D eigenvalue weighted by molar-refractivity contribution is 0.141. The van der Waals surface area contributed by atoms with Gasteiger partial charge in [0.25, 0.3) is 0 Å². The van der Waals surface area contributed by atoms with E-state index in [-0.39, 0.29) is 17.7 Å². The number of hydrogen-bond donors (Lipinski definition) is 2. The van der Waals surface area contributed by atoms with Crippen molar-refractivity contribution >= 4 is 17.4 Å². The number of aliphatic hydroxyl groups is 1. The molecule has 1 aliphatic carbocycles. The third kappa shape index (κ3) is 3.29. The maximum atomic E-state index is 13.4. The lowest BCUT2D eigenvalue weighted by Crippen LogP contribution is -2.29. The van der Waals surface area contributed by atoms with Crippen molar-refractivity contribution in [3.63, 3.8) is 0 Å². The molecule has 0 saturated heterocycles. The Morgan fingerprint density at radius 2 is 2.11 bits per heavy atom. The highest BCUT2D eigenvalue weighted by atomic mass is 35.5. The smallest absolute Gasteiger partial charge is 0.224 e. The molecule has 2 N–H and O–H groups in total. The van der Waals surface area contributed by atoms with Crippen LogP contribution >= 0.6 is 11.6 Å². The Morgan fingerprint density at radius 1 is 1.39 bits per heavy atom. The second-order valence-electron chi connectivity index (χ2n) is 4.70. The van der Waals surface area contributed by atoms with E-state index in [4.69, 9.17) is 11.6 Å². The average Bonchev–Trinajstić information content (AvgIpc) is 2.40. The normalized spacial score (nSPS) is 23.9. The van der Waals surface area contributed by atoms with E-state index in [9.17, 15) is 9.50 Å². The van der Waals surface area contributed by atoms with Gasteiger partial charge in [-0.3, -0.25) is 0 Å². The summed E-state index contributed by atoms with van der Waals surface area (Å²) in [5.41, 5.74) is 0. The van der Waals surface area contributed by atoms with Crippen molar-refractivity contribution in [2.24, 2.45) is 11.8 Å². The average molecular weight is 274 g/mol. The number of rotatable bonds is 4. The van der Waals surface area contributed by atoms with Crippen LogP contribution < -0.4 is 5.32 Å². The Morgan fingerprint density at radius 3 is 2.83 bits per heavy atom. The zero-order valence-electron chi connectivity index (χ0n) is 10.1. The van der Waals surface area contributed by atoms with Gasteiger partial charge in [0.2, 0.25) is 5.28 Å². The molecule has 1 saturated carbocycles. The van der Waals surface area contributed by atoms with E-state index in [2.05, 4.69) is 15.3 Å². The van der Waals surface area contributed by atoms with Gasteiger partial charge in [0.15, 0.2) is 11.6 Å². The predicted molar refractivity (Wildman–Crippen MR) is 68.0 cm³/mol. The predicted octanol–water partition coefficient (Wildman–Crippen LogP) is 2.48. The summed E-state index contributed by atoms with van der Waals surface area (Å²) in [4.78, 5) is 7.38. The molecule has 0 aromatic carbocycles. The summed E-state index contributed by atoms with van der Waals surface area (Å²) in [6.45, 7) is 0.800. The van der Waals surface area contributed by atoms with Crippen molar-refractivity contribution in [3.8, 4) is 0 Å². The van der Waals surface area contributed by atoms with Crippen LogP contribution in [0.15, 0.2) is 6.20 Å². The maximum absolute atomic E-state index is 13.4. The summed E-state index contributed by atoms with van der Waals surface area (Å²) in [5.74, 6) is 0.288. The number of halogens is 2. The number of hydrogen-bond acceptors (Lipinski definition) is 4. The fourth-order valence-electron chi connectivity index (χ4n) is 2.49. The fourth-order valence-corrected chi connectivity index (χ4v) is 2.62. The number of nitrogens with zero attached hydrogens (tertiary/aromatic N) is 2. The molecule has 1 aromatic rings. The molecule has 0 radical (unpaired) electrons. The highest BCUT2D eigenvalue weighted by molar-refractivity contribution is 6.28. The molecular weight excluding hydrogens is 257 g/mol. The van der Waals surface area contributed by atoms with E-state index in [1.807, 2.05) is 0 Å². The lowest BCUT2D eigenvalue weighted by Gasteiger charge is -2.30. The summed E-state index contributed by atoms with van der Waals surface area (Å²) in [6, 6.07) is 0. The Kier molecular flexibility index (Phi) is 4.72. The zero-order chi connectivity index (χ0) is 13.0. The summed E-state index contributed by atoms with van der Waals surface area (Å²) < 4.78 is 13.4. The first kappa shape index (κ1) is 13.5. The minimum absolute atomic E-state index is 0.0289. The first-order chi connectivity index (χ1) is 8.70. The van der Waals surface area contributed by atoms with Gasteiger partial charge in [0, 0.05) is 13.2 Å². The monoisotopic (exact) mass is 273 g/mol. The highest BCUT2D eigenvalue weighted by Gasteiger charge is 2.24. The van der Waals surface area contributed by atoms with E-state index in [0.29, 0.717) is 18.4 Å². The lowest BCUT2D eigenvalue weighted by atomic mass is 9.79. The minimum Gasteiger partial charge on any atom is -0.396 e. The van der Waals surface area contributed by atoms with E-state index >= 15 is 0 Å². The first-order valence-electron chi connectivity index (χ1n) is 6.23. The molecule has 0 amide bonds. The van der Waals surface area contributed by atoms with Crippen molar-refractivity contribution in [2.45, 2.75) is 25.7 Å². The Balaban J connectivity index is 1.95. The first-order valence-corrected chi connectivity index (χ1v) is 6.61.